The standard InChI is InChI=1S/C5H10N2/c1-4-7-5(2)6-3/h4H,1H2,2-3H3,(H,6,7). The Kier molecular flexibility index (Phi) is 3.02. The first-order chi connectivity index (χ1) is 3.31. The molecule has 0 radical (unpaired) electrons. The van der Waals surface area contributed by atoms with E-state index in [2.05, 4.69) is 16.9 Å². The van der Waals surface area contributed by atoms with E-state index in [1.807, 2.05) is 6.92 Å². The molecule has 2 heteroatoms. The van der Waals surface area contributed by atoms with E-state index in [-0.39, 0.29) is 0 Å². The van der Waals surface area contributed by atoms with Gasteiger partial charge in [-0.2, -0.15) is 0 Å². The Bertz CT molecular complexity index is 84.1. The van der Waals surface area contributed by atoms with Gasteiger partial charge in [-0.25, -0.2) is 0 Å². The van der Waals surface area contributed by atoms with Crippen molar-refractivity contribution in [3.05, 3.63) is 12.8 Å². The topological polar surface area (TPSA) is 24.4 Å². The van der Waals surface area contributed by atoms with Crippen LogP contribution in [0.3, 0.4) is 0 Å². The Balaban J connectivity index is 3.36. The molecule has 0 aromatic carbocycles. The van der Waals surface area contributed by atoms with Gasteiger partial charge in [0.05, 0.1) is 5.84 Å². The predicted molar refractivity (Wildman–Crippen MR) is 32.4 cm³/mol. The van der Waals surface area contributed by atoms with E-state index in [1.165, 1.54) is 0 Å². The van der Waals surface area contributed by atoms with Crippen molar-refractivity contribution < 1.29 is 0 Å². The lowest BCUT2D eigenvalue weighted by molar-refractivity contribution is 1.22. The molecule has 0 aromatic rings. The normalized spacial score (nSPS) is 10.9. The second-order valence-electron chi connectivity index (χ2n) is 1.16. The summed E-state index contributed by atoms with van der Waals surface area (Å²) in [4.78, 5) is 3.81. The van der Waals surface area contributed by atoms with E-state index in [4.69, 9.17) is 0 Å². The van der Waals surface area contributed by atoms with E-state index in [0.29, 0.717) is 0 Å². The van der Waals surface area contributed by atoms with Crippen LogP contribution in [0.1, 0.15) is 6.92 Å². The van der Waals surface area contributed by atoms with Crippen molar-refractivity contribution in [3.63, 3.8) is 0 Å². The molecular formula is C5H10N2. The minimum absolute atomic E-state index is 0.884. The Morgan fingerprint density at radius 2 is 2.43 bits per heavy atom. The van der Waals surface area contributed by atoms with Gasteiger partial charge in [-0.3, -0.25) is 4.99 Å². The highest BCUT2D eigenvalue weighted by atomic mass is 14.9. The number of hydrogen-bond acceptors (Lipinski definition) is 1. The van der Waals surface area contributed by atoms with Gasteiger partial charge >= 0.3 is 0 Å². The monoisotopic (exact) mass is 98.1 g/mol. The van der Waals surface area contributed by atoms with Crippen LogP contribution in [-0.2, 0) is 0 Å². The fourth-order valence-corrected chi connectivity index (χ4v) is 0.212. The lowest BCUT2D eigenvalue weighted by atomic mass is 10.7. The van der Waals surface area contributed by atoms with E-state index in [0.717, 1.165) is 5.84 Å². The van der Waals surface area contributed by atoms with Crippen LogP contribution in [0.15, 0.2) is 17.8 Å². The van der Waals surface area contributed by atoms with Crippen molar-refractivity contribution in [1.29, 1.82) is 0 Å². The van der Waals surface area contributed by atoms with Gasteiger partial charge in [0.25, 0.3) is 0 Å². The molecule has 0 aliphatic carbocycles. The zero-order valence-corrected chi connectivity index (χ0v) is 4.73. The molecule has 0 aliphatic rings. The molecule has 0 spiro atoms. The highest BCUT2D eigenvalue weighted by Gasteiger charge is 1.74. The number of rotatable bonds is 1. The third-order valence-electron chi connectivity index (χ3n) is 0.646. The maximum atomic E-state index is 3.81. The summed E-state index contributed by atoms with van der Waals surface area (Å²) in [6, 6.07) is 0. The number of amidine groups is 1. The zero-order valence-electron chi connectivity index (χ0n) is 4.73. The van der Waals surface area contributed by atoms with Crippen molar-refractivity contribution in [2.45, 2.75) is 6.92 Å². The molecule has 2 nitrogen and oxygen atoms in total. The molecule has 40 valence electrons. The average Bonchev–Trinajstić information content (AvgIpc) is 1.68. The predicted octanol–water partition coefficient (Wildman–Crippen LogP) is 0.768. The molecule has 0 aromatic heterocycles. The van der Waals surface area contributed by atoms with Gasteiger partial charge in [0.2, 0.25) is 0 Å². The van der Waals surface area contributed by atoms with Crippen LogP contribution in [-0.4, -0.2) is 12.9 Å². The summed E-state index contributed by atoms with van der Waals surface area (Å²) in [6.45, 7) is 5.33. The lowest BCUT2D eigenvalue weighted by Crippen LogP contribution is -2.11. The van der Waals surface area contributed by atoms with Crippen LogP contribution >= 0.6 is 0 Å². The van der Waals surface area contributed by atoms with Gasteiger partial charge in [0, 0.05) is 7.05 Å². The Hall–Kier alpha value is -0.790. The molecular weight excluding hydrogens is 88.1 g/mol. The van der Waals surface area contributed by atoms with Crippen molar-refractivity contribution >= 4 is 5.84 Å². The zero-order chi connectivity index (χ0) is 5.70. The molecule has 1 N–H and O–H groups in total. The fourth-order valence-electron chi connectivity index (χ4n) is 0.212. The highest BCUT2D eigenvalue weighted by Crippen LogP contribution is 1.63. The molecule has 0 aliphatic heterocycles. The first-order valence-electron chi connectivity index (χ1n) is 2.12. The number of nitrogens with zero attached hydrogens (tertiary/aromatic N) is 1. The molecule has 0 unspecified atom stereocenters. The maximum Gasteiger partial charge on any atom is 0.0967 e. The molecule has 0 fully saturated rings. The van der Waals surface area contributed by atoms with Crippen LogP contribution < -0.4 is 5.32 Å². The van der Waals surface area contributed by atoms with Crippen molar-refractivity contribution in [2.75, 3.05) is 7.05 Å². The first-order valence-corrected chi connectivity index (χ1v) is 2.12. The molecule has 0 amide bonds. The largest absolute Gasteiger partial charge is 0.351 e. The summed E-state index contributed by atoms with van der Waals surface area (Å²) < 4.78 is 0. The van der Waals surface area contributed by atoms with Gasteiger partial charge in [0.1, 0.15) is 0 Å². The van der Waals surface area contributed by atoms with Gasteiger partial charge in [-0.05, 0) is 13.1 Å². The minimum Gasteiger partial charge on any atom is -0.351 e. The van der Waals surface area contributed by atoms with Crippen LogP contribution in [0.5, 0.6) is 0 Å². The fraction of sp³-hybridized carbons (Fsp3) is 0.400. The van der Waals surface area contributed by atoms with Crippen LogP contribution in [0.4, 0.5) is 0 Å². The summed E-state index contributed by atoms with van der Waals surface area (Å²) in [5, 5.41) is 2.81. The van der Waals surface area contributed by atoms with Gasteiger partial charge in [0.15, 0.2) is 0 Å². The molecule has 0 saturated heterocycles. The lowest BCUT2D eigenvalue weighted by Gasteiger charge is -1.92. The summed E-state index contributed by atoms with van der Waals surface area (Å²) in [7, 11) is 1.73. The van der Waals surface area contributed by atoms with E-state index in [9.17, 15) is 0 Å². The number of hydrogen-bond donors (Lipinski definition) is 1. The van der Waals surface area contributed by atoms with Crippen molar-refractivity contribution in [2.24, 2.45) is 4.99 Å². The third kappa shape index (κ3) is 3.03. The molecule has 0 rings (SSSR count). The Morgan fingerprint density at radius 3 is 2.57 bits per heavy atom. The summed E-state index contributed by atoms with van der Waals surface area (Å²) in [5.74, 6) is 0.884. The van der Waals surface area contributed by atoms with E-state index >= 15 is 0 Å². The van der Waals surface area contributed by atoms with Crippen molar-refractivity contribution in [1.82, 2.24) is 5.32 Å². The van der Waals surface area contributed by atoms with Crippen LogP contribution in [0, 0.1) is 0 Å². The summed E-state index contributed by atoms with van der Waals surface area (Å²) in [6.07, 6.45) is 1.60. The minimum atomic E-state index is 0.884. The second kappa shape index (κ2) is 3.40. The van der Waals surface area contributed by atoms with Gasteiger partial charge in [-0.15, -0.1) is 0 Å². The third-order valence-corrected chi connectivity index (χ3v) is 0.646. The number of nitrogens with one attached hydrogen (secondary N) is 1. The van der Waals surface area contributed by atoms with Gasteiger partial charge < -0.3 is 5.32 Å². The quantitative estimate of drug-likeness (QED) is 0.380. The number of aliphatic imine (C=N–C) groups is 1. The molecule has 0 saturated carbocycles. The molecule has 0 bridgehead atoms. The smallest absolute Gasteiger partial charge is 0.0967 e. The Labute approximate surface area is 44.0 Å². The Morgan fingerprint density at radius 1 is 1.86 bits per heavy atom. The van der Waals surface area contributed by atoms with E-state index in [1.54, 1.807) is 13.2 Å². The molecule has 0 atom stereocenters. The molecule has 0 heterocycles. The SMILES string of the molecule is C=CN/C(C)=N\C. The second-order valence-corrected chi connectivity index (χ2v) is 1.16. The molecule has 7 heavy (non-hydrogen) atoms. The van der Waals surface area contributed by atoms with E-state index < -0.39 is 0 Å². The van der Waals surface area contributed by atoms with Crippen molar-refractivity contribution in [3.8, 4) is 0 Å². The van der Waals surface area contributed by atoms with Crippen LogP contribution in [0.25, 0.3) is 0 Å². The van der Waals surface area contributed by atoms with Crippen LogP contribution in [0.2, 0.25) is 0 Å². The summed E-state index contributed by atoms with van der Waals surface area (Å²) in [5.41, 5.74) is 0. The maximum absolute atomic E-state index is 3.81. The highest BCUT2D eigenvalue weighted by molar-refractivity contribution is 5.80. The first kappa shape index (κ1) is 6.21. The summed E-state index contributed by atoms with van der Waals surface area (Å²) >= 11 is 0. The average molecular weight is 98.1 g/mol. The van der Waals surface area contributed by atoms with Gasteiger partial charge in [-0.1, -0.05) is 6.58 Å².